The first kappa shape index (κ1) is 20.7. The van der Waals surface area contributed by atoms with E-state index in [0.717, 1.165) is 30.8 Å². The third-order valence-electron chi connectivity index (χ3n) is 5.41. The summed E-state index contributed by atoms with van der Waals surface area (Å²) in [5, 5.41) is 8.62. The second-order valence-corrected chi connectivity index (χ2v) is 9.07. The summed E-state index contributed by atoms with van der Waals surface area (Å²) in [6.07, 6.45) is 1.86. The summed E-state index contributed by atoms with van der Waals surface area (Å²) in [7, 11) is 0. The number of nitrogens with one attached hydrogen (secondary N) is 2. The van der Waals surface area contributed by atoms with Crippen molar-refractivity contribution in [1.82, 2.24) is 25.1 Å². The minimum Gasteiger partial charge on any atom is -0.329 e. The number of aromatic amines is 2. The predicted molar refractivity (Wildman–Crippen MR) is 117 cm³/mol. The van der Waals surface area contributed by atoms with Crippen molar-refractivity contribution in [2.24, 2.45) is 5.73 Å². The normalized spacial score (nSPS) is 17.1. The van der Waals surface area contributed by atoms with E-state index in [9.17, 15) is 4.79 Å². The largest absolute Gasteiger partial charge is 0.329 e. The Morgan fingerprint density at radius 1 is 1.34 bits per heavy atom. The Morgan fingerprint density at radius 2 is 2.10 bits per heavy atom. The molecule has 1 aliphatic rings. The van der Waals surface area contributed by atoms with Gasteiger partial charge in [0, 0.05) is 23.4 Å². The molecule has 2 aromatic heterocycles. The fourth-order valence-electron chi connectivity index (χ4n) is 3.60. The molecule has 1 aliphatic heterocycles. The summed E-state index contributed by atoms with van der Waals surface area (Å²) in [5.74, 6) is 0.916. The number of nitrogens with two attached hydrogens (primary N) is 1. The lowest BCUT2D eigenvalue weighted by atomic mass is 9.95. The Hall–Kier alpha value is -1.58. The molecule has 1 fully saturated rings. The van der Waals surface area contributed by atoms with Crippen molar-refractivity contribution >= 4 is 46.0 Å². The average molecular weight is 453 g/mol. The van der Waals surface area contributed by atoms with Gasteiger partial charge < -0.3 is 10.7 Å². The molecular weight excluding hydrogens is 431 g/mol. The molecule has 0 amide bonds. The molecule has 0 spiro atoms. The molecule has 0 saturated carbocycles. The van der Waals surface area contributed by atoms with Crippen LogP contribution in [0.2, 0.25) is 10.0 Å². The van der Waals surface area contributed by atoms with E-state index in [4.69, 9.17) is 33.9 Å². The molecule has 0 bridgehead atoms. The van der Waals surface area contributed by atoms with Crippen LogP contribution >= 0.6 is 35.0 Å². The van der Waals surface area contributed by atoms with Crippen molar-refractivity contribution in [3.05, 3.63) is 44.4 Å². The zero-order chi connectivity index (χ0) is 20.5. The first-order valence-electron chi connectivity index (χ1n) is 9.52. The number of hydrogen-bond acceptors (Lipinski definition) is 6. The number of rotatable bonds is 5. The molecule has 1 unspecified atom stereocenters. The number of halogens is 2. The smallest absolute Gasteiger partial charge is 0.276 e. The maximum absolute atomic E-state index is 12.6. The van der Waals surface area contributed by atoms with Gasteiger partial charge in [-0.2, -0.15) is 5.10 Å². The van der Waals surface area contributed by atoms with Crippen LogP contribution in [0.5, 0.6) is 0 Å². The van der Waals surface area contributed by atoms with Gasteiger partial charge in [0.1, 0.15) is 16.4 Å². The molecule has 0 radical (unpaired) electrons. The van der Waals surface area contributed by atoms with Gasteiger partial charge in [0.05, 0.1) is 10.0 Å². The fraction of sp³-hybridized carbons (Fsp3) is 0.421. The number of fused-ring (bicyclic) bond motifs is 1. The first-order chi connectivity index (χ1) is 14.0. The van der Waals surface area contributed by atoms with E-state index in [1.165, 1.54) is 11.8 Å². The summed E-state index contributed by atoms with van der Waals surface area (Å²) in [6.45, 7) is 4.67. The zero-order valence-electron chi connectivity index (χ0n) is 15.9. The van der Waals surface area contributed by atoms with E-state index in [-0.39, 0.29) is 11.5 Å². The molecule has 4 N–H and O–H groups in total. The van der Waals surface area contributed by atoms with E-state index >= 15 is 0 Å². The molecule has 1 aromatic carbocycles. The van der Waals surface area contributed by atoms with Crippen molar-refractivity contribution in [3.63, 3.8) is 0 Å². The maximum Gasteiger partial charge on any atom is 0.276 e. The van der Waals surface area contributed by atoms with Crippen LogP contribution < -0.4 is 11.3 Å². The number of likely N-dealkylation sites (tertiary alicyclic amines) is 1. The Labute approximate surface area is 182 Å². The minimum absolute atomic E-state index is 0.204. The van der Waals surface area contributed by atoms with Crippen LogP contribution in [0.1, 0.15) is 31.5 Å². The van der Waals surface area contributed by atoms with Gasteiger partial charge in [0.2, 0.25) is 0 Å². The minimum atomic E-state index is -0.209. The van der Waals surface area contributed by atoms with Crippen molar-refractivity contribution in [2.45, 2.75) is 41.6 Å². The number of H-pyrrole nitrogens is 2. The lowest BCUT2D eigenvalue weighted by Gasteiger charge is -2.35. The molecule has 3 aromatic rings. The van der Waals surface area contributed by atoms with Gasteiger partial charge in [0.25, 0.3) is 5.56 Å². The Kier molecular flexibility index (Phi) is 6.17. The van der Waals surface area contributed by atoms with Gasteiger partial charge in [-0.3, -0.25) is 14.8 Å². The molecule has 10 heteroatoms. The van der Waals surface area contributed by atoms with E-state index in [2.05, 4.69) is 27.0 Å². The van der Waals surface area contributed by atoms with Gasteiger partial charge >= 0.3 is 0 Å². The SMILES string of the molecule is CC(CN)N1CCC(c2nc3c(Sc4cccc(Cl)c4Cl)n[nH]c3c(=O)[nH]2)CC1. The molecular formula is C19H22Cl2N6OS. The average Bonchev–Trinajstić information content (AvgIpc) is 3.14. The van der Waals surface area contributed by atoms with Crippen LogP contribution in [0.25, 0.3) is 11.0 Å². The zero-order valence-corrected chi connectivity index (χ0v) is 18.2. The van der Waals surface area contributed by atoms with Crippen molar-refractivity contribution in [2.75, 3.05) is 19.6 Å². The second-order valence-electron chi connectivity index (χ2n) is 7.25. The van der Waals surface area contributed by atoms with E-state index in [0.29, 0.717) is 44.5 Å². The molecule has 4 rings (SSSR count). The summed E-state index contributed by atoms with van der Waals surface area (Å²) < 4.78 is 0. The molecule has 0 aliphatic carbocycles. The monoisotopic (exact) mass is 452 g/mol. The van der Waals surface area contributed by atoms with E-state index < -0.39 is 0 Å². The third-order valence-corrected chi connectivity index (χ3v) is 7.38. The standard InChI is InChI=1S/C19H22Cl2N6OS/c1-10(9-22)27-7-5-11(6-8-27)17-23-16-15(18(28)24-17)25-26-19(16)29-13-4-2-3-12(20)14(13)21/h2-4,10-11H,5-9,22H2,1H3,(H,25,26)(H,23,24,28). The highest BCUT2D eigenvalue weighted by molar-refractivity contribution is 7.99. The van der Waals surface area contributed by atoms with Gasteiger partial charge in [-0.25, -0.2) is 4.98 Å². The highest BCUT2D eigenvalue weighted by Gasteiger charge is 2.26. The lowest BCUT2D eigenvalue weighted by Crippen LogP contribution is -2.43. The first-order valence-corrected chi connectivity index (χ1v) is 11.1. The molecule has 29 heavy (non-hydrogen) atoms. The van der Waals surface area contributed by atoms with Gasteiger partial charge in [-0.05, 0) is 45.0 Å². The van der Waals surface area contributed by atoms with Crippen LogP contribution in [-0.2, 0) is 0 Å². The highest BCUT2D eigenvalue weighted by atomic mass is 35.5. The number of piperidine rings is 1. The molecule has 1 atom stereocenters. The summed E-state index contributed by atoms with van der Waals surface area (Å²) in [4.78, 5) is 23.5. The molecule has 7 nitrogen and oxygen atoms in total. The van der Waals surface area contributed by atoms with E-state index in [1.807, 2.05) is 12.1 Å². The quantitative estimate of drug-likeness (QED) is 0.545. The van der Waals surface area contributed by atoms with Crippen LogP contribution in [0.3, 0.4) is 0 Å². The molecule has 154 valence electrons. The second kappa shape index (κ2) is 8.65. The van der Waals surface area contributed by atoms with Crippen LogP contribution in [-0.4, -0.2) is 50.7 Å². The number of benzene rings is 1. The highest BCUT2D eigenvalue weighted by Crippen LogP contribution is 2.38. The fourth-order valence-corrected chi connectivity index (χ4v) is 4.97. The van der Waals surface area contributed by atoms with E-state index in [1.54, 1.807) is 6.07 Å². The van der Waals surface area contributed by atoms with Gasteiger partial charge in [-0.1, -0.05) is 41.0 Å². The van der Waals surface area contributed by atoms with Crippen LogP contribution in [0.4, 0.5) is 0 Å². The summed E-state index contributed by atoms with van der Waals surface area (Å²) in [5.41, 5.74) is 6.50. The van der Waals surface area contributed by atoms with Crippen molar-refractivity contribution < 1.29 is 0 Å². The summed E-state index contributed by atoms with van der Waals surface area (Å²) >= 11 is 13.8. The van der Waals surface area contributed by atoms with Crippen molar-refractivity contribution in [3.8, 4) is 0 Å². The maximum atomic E-state index is 12.6. The van der Waals surface area contributed by atoms with Crippen LogP contribution in [0, 0.1) is 0 Å². The van der Waals surface area contributed by atoms with Crippen LogP contribution in [0.15, 0.2) is 32.9 Å². The third kappa shape index (κ3) is 4.18. The lowest BCUT2D eigenvalue weighted by molar-refractivity contribution is 0.163. The number of nitrogens with zero attached hydrogens (tertiary/aromatic N) is 3. The van der Waals surface area contributed by atoms with Crippen molar-refractivity contribution in [1.29, 1.82) is 0 Å². The van der Waals surface area contributed by atoms with Gasteiger partial charge in [-0.15, -0.1) is 0 Å². The molecule has 1 saturated heterocycles. The Morgan fingerprint density at radius 3 is 2.83 bits per heavy atom. The molecule has 3 heterocycles. The topological polar surface area (TPSA) is 104 Å². The summed E-state index contributed by atoms with van der Waals surface area (Å²) in [6, 6.07) is 5.79. The Balaban J connectivity index is 1.62. The number of hydrogen-bond donors (Lipinski definition) is 3. The number of aromatic nitrogens is 4. The predicted octanol–water partition coefficient (Wildman–Crippen LogP) is 3.63. The Bertz CT molecular complexity index is 1080. The van der Waals surface area contributed by atoms with Gasteiger partial charge in [0.15, 0.2) is 5.52 Å².